The van der Waals surface area contributed by atoms with E-state index in [2.05, 4.69) is 32.1 Å². The van der Waals surface area contributed by atoms with Crippen molar-refractivity contribution in [2.24, 2.45) is 0 Å². The third-order valence-electron chi connectivity index (χ3n) is 4.30. The number of ether oxygens (including phenoxy) is 1. The second-order valence-corrected chi connectivity index (χ2v) is 6.06. The minimum atomic E-state index is -0.215. The number of rotatable bonds is 5. The molecule has 1 amide bonds. The lowest BCUT2D eigenvalue weighted by Gasteiger charge is -2.33. The van der Waals surface area contributed by atoms with E-state index in [1.54, 1.807) is 18.3 Å². The molecule has 3 rings (SSSR count). The van der Waals surface area contributed by atoms with Crippen molar-refractivity contribution in [2.45, 2.75) is 6.54 Å². The average molecular weight is 341 g/mol. The first-order valence-corrected chi connectivity index (χ1v) is 8.33. The zero-order valence-electron chi connectivity index (χ0n) is 14.6. The van der Waals surface area contributed by atoms with Crippen LogP contribution in [0.3, 0.4) is 0 Å². The van der Waals surface area contributed by atoms with Crippen molar-refractivity contribution in [1.82, 2.24) is 20.2 Å². The molecule has 1 N–H and O–H groups in total. The van der Waals surface area contributed by atoms with Gasteiger partial charge in [-0.3, -0.25) is 4.79 Å². The molecule has 0 radical (unpaired) electrons. The summed E-state index contributed by atoms with van der Waals surface area (Å²) in [6.07, 6.45) is 3.41. The molecule has 1 aliphatic rings. The van der Waals surface area contributed by atoms with Crippen molar-refractivity contribution in [3.05, 3.63) is 47.8 Å². The monoisotopic (exact) mass is 341 g/mol. The molecule has 1 saturated heterocycles. The van der Waals surface area contributed by atoms with Crippen molar-refractivity contribution in [1.29, 1.82) is 0 Å². The fourth-order valence-electron chi connectivity index (χ4n) is 2.75. The first kappa shape index (κ1) is 17.2. The van der Waals surface area contributed by atoms with Crippen LogP contribution < -0.4 is 15.0 Å². The molecule has 1 aliphatic heterocycles. The second-order valence-electron chi connectivity index (χ2n) is 6.06. The van der Waals surface area contributed by atoms with Gasteiger partial charge in [-0.15, -0.1) is 0 Å². The van der Waals surface area contributed by atoms with Crippen LogP contribution in [0.15, 0.2) is 36.7 Å². The quantitative estimate of drug-likeness (QED) is 0.880. The largest absolute Gasteiger partial charge is 0.480 e. The molecule has 0 atom stereocenters. The highest BCUT2D eigenvalue weighted by Gasteiger charge is 2.15. The van der Waals surface area contributed by atoms with Crippen molar-refractivity contribution < 1.29 is 9.53 Å². The Bertz CT molecular complexity index is 712. The van der Waals surface area contributed by atoms with Crippen LogP contribution in [0.2, 0.25) is 0 Å². The number of amides is 1. The number of pyridine rings is 2. The summed E-state index contributed by atoms with van der Waals surface area (Å²) in [5.74, 6) is 1.09. The molecule has 2 aromatic rings. The Hall–Kier alpha value is -2.67. The summed E-state index contributed by atoms with van der Waals surface area (Å²) in [4.78, 5) is 25.4. The third-order valence-corrected chi connectivity index (χ3v) is 4.30. The molecule has 25 heavy (non-hydrogen) atoms. The summed E-state index contributed by atoms with van der Waals surface area (Å²) in [6, 6.07) is 7.42. The molecule has 0 saturated carbocycles. The van der Waals surface area contributed by atoms with Crippen molar-refractivity contribution in [3.8, 4) is 5.88 Å². The maximum absolute atomic E-state index is 12.3. The third kappa shape index (κ3) is 4.24. The van der Waals surface area contributed by atoms with Gasteiger partial charge in [-0.1, -0.05) is 6.07 Å². The SMILES string of the molecule is COc1ncccc1C(=O)NCc1ccc(N2CCN(C)CC2)nc1. The van der Waals surface area contributed by atoms with Gasteiger partial charge in [0.25, 0.3) is 5.91 Å². The van der Waals surface area contributed by atoms with E-state index in [1.165, 1.54) is 7.11 Å². The predicted molar refractivity (Wildman–Crippen MR) is 95.9 cm³/mol. The number of nitrogens with zero attached hydrogens (tertiary/aromatic N) is 4. The van der Waals surface area contributed by atoms with Gasteiger partial charge >= 0.3 is 0 Å². The lowest BCUT2D eigenvalue weighted by molar-refractivity contribution is 0.0947. The molecule has 0 bridgehead atoms. The topological polar surface area (TPSA) is 70.6 Å². The molecule has 132 valence electrons. The first-order chi connectivity index (χ1) is 12.2. The maximum Gasteiger partial charge on any atom is 0.257 e. The van der Waals surface area contributed by atoms with Gasteiger partial charge < -0.3 is 19.9 Å². The van der Waals surface area contributed by atoms with E-state index < -0.39 is 0 Å². The number of anilines is 1. The first-order valence-electron chi connectivity index (χ1n) is 8.33. The number of carbonyl (C=O) groups is 1. The van der Waals surface area contributed by atoms with Crippen molar-refractivity contribution in [2.75, 3.05) is 45.2 Å². The summed E-state index contributed by atoms with van der Waals surface area (Å²) in [5.41, 5.74) is 1.38. The highest BCUT2D eigenvalue weighted by Crippen LogP contribution is 2.15. The van der Waals surface area contributed by atoms with Gasteiger partial charge in [0.05, 0.1) is 7.11 Å². The molecule has 0 unspecified atom stereocenters. The van der Waals surface area contributed by atoms with Gasteiger partial charge in [0.2, 0.25) is 5.88 Å². The van der Waals surface area contributed by atoms with E-state index in [0.717, 1.165) is 37.6 Å². The summed E-state index contributed by atoms with van der Waals surface area (Å²) >= 11 is 0. The molecule has 0 aromatic carbocycles. The van der Waals surface area contributed by atoms with E-state index in [4.69, 9.17) is 4.74 Å². The van der Waals surface area contributed by atoms with Gasteiger partial charge in [-0.05, 0) is 30.8 Å². The second kappa shape index (κ2) is 7.94. The molecule has 3 heterocycles. The van der Waals surface area contributed by atoms with E-state index in [9.17, 15) is 4.79 Å². The predicted octanol–water partition coefficient (Wildman–Crippen LogP) is 1.17. The number of carbonyl (C=O) groups excluding carboxylic acids is 1. The van der Waals surface area contributed by atoms with Crippen LogP contribution in [0, 0.1) is 0 Å². The number of nitrogens with one attached hydrogen (secondary N) is 1. The van der Waals surface area contributed by atoms with Crippen LogP contribution in [0.25, 0.3) is 0 Å². The van der Waals surface area contributed by atoms with Gasteiger partial charge in [-0.25, -0.2) is 9.97 Å². The van der Waals surface area contributed by atoms with Gasteiger partial charge in [0.1, 0.15) is 11.4 Å². The van der Waals surface area contributed by atoms with E-state index >= 15 is 0 Å². The summed E-state index contributed by atoms with van der Waals surface area (Å²) in [7, 11) is 3.63. The number of piperazine rings is 1. The Labute approximate surface area is 147 Å². The lowest BCUT2D eigenvalue weighted by Crippen LogP contribution is -2.44. The van der Waals surface area contributed by atoms with Crippen LogP contribution >= 0.6 is 0 Å². The molecule has 7 nitrogen and oxygen atoms in total. The van der Waals surface area contributed by atoms with Crippen LogP contribution in [0.4, 0.5) is 5.82 Å². The number of hydrogen-bond acceptors (Lipinski definition) is 6. The fraction of sp³-hybridized carbons (Fsp3) is 0.389. The molecular formula is C18H23N5O2. The molecule has 7 heteroatoms. The summed E-state index contributed by atoms with van der Waals surface area (Å²) < 4.78 is 5.12. The number of aromatic nitrogens is 2. The Morgan fingerprint density at radius 3 is 2.68 bits per heavy atom. The molecule has 1 fully saturated rings. The summed E-state index contributed by atoms with van der Waals surface area (Å²) in [6.45, 7) is 4.48. The molecular weight excluding hydrogens is 318 g/mol. The average Bonchev–Trinajstić information content (AvgIpc) is 2.67. The minimum Gasteiger partial charge on any atom is -0.480 e. The van der Waals surface area contributed by atoms with Gasteiger partial charge in [0, 0.05) is 45.1 Å². The Morgan fingerprint density at radius 2 is 2.00 bits per heavy atom. The van der Waals surface area contributed by atoms with Crippen LogP contribution in [0.5, 0.6) is 5.88 Å². The smallest absolute Gasteiger partial charge is 0.257 e. The normalized spacial score (nSPS) is 15.0. The number of likely N-dealkylation sites (N-methyl/N-ethyl adjacent to an activating group) is 1. The Morgan fingerprint density at radius 1 is 1.20 bits per heavy atom. The molecule has 0 spiro atoms. The Balaban J connectivity index is 1.57. The standard InChI is InChI=1S/C18H23N5O2/c1-22-8-10-23(11-9-22)16-6-5-14(12-20-16)13-21-17(24)15-4-3-7-19-18(15)25-2/h3-7,12H,8-11,13H2,1-2H3,(H,21,24). The zero-order valence-corrected chi connectivity index (χ0v) is 14.6. The van der Waals surface area contributed by atoms with Crippen molar-refractivity contribution in [3.63, 3.8) is 0 Å². The highest BCUT2D eigenvalue weighted by molar-refractivity contribution is 5.96. The number of hydrogen-bond donors (Lipinski definition) is 1. The molecule has 0 aliphatic carbocycles. The van der Waals surface area contributed by atoms with E-state index in [-0.39, 0.29) is 5.91 Å². The van der Waals surface area contributed by atoms with Crippen LogP contribution in [0.1, 0.15) is 15.9 Å². The summed E-state index contributed by atoms with van der Waals surface area (Å²) in [5, 5.41) is 2.88. The zero-order chi connectivity index (χ0) is 17.6. The van der Waals surface area contributed by atoms with E-state index in [1.807, 2.05) is 18.3 Å². The van der Waals surface area contributed by atoms with Crippen LogP contribution in [-0.4, -0.2) is 61.1 Å². The van der Waals surface area contributed by atoms with E-state index in [0.29, 0.717) is 18.0 Å². The lowest BCUT2D eigenvalue weighted by atomic mass is 10.2. The van der Waals surface area contributed by atoms with Crippen LogP contribution in [-0.2, 0) is 6.54 Å². The Kier molecular flexibility index (Phi) is 5.45. The molecule has 2 aromatic heterocycles. The van der Waals surface area contributed by atoms with Crippen molar-refractivity contribution >= 4 is 11.7 Å². The highest BCUT2D eigenvalue weighted by atomic mass is 16.5. The van der Waals surface area contributed by atoms with Gasteiger partial charge in [0.15, 0.2) is 0 Å². The van der Waals surface area contributed by atoms with Gasteiger partial charge in [-0.2, -0.15) is 0 Å². The maximum atomic E-state index is 12.3. The number of methoxy groups -OCH3 is 1. The minimum absolute atomic E-state index is 0.215. The fourth-order valence-corrected chi connectivity index (χ4v) is 2.75.